The summed E-state index contributed by atoms with van der Waals surface area (Å²) in [6.45, 7) is 1.02. The monoisotopic (exact) mass is 266 g/mol. The maximum atomic E-state index is 10.3. The van der Waals surface area contributed by atoms with Crippen molar-refractivity contribution in [3.63, 3.8) is 0 Å². The number of hydrogen-bond donors (Lipinski definition) is 3. The molecule has 9 heteroatoms. The second-order valence-electron chi connectivity index (χ2n) is 3.35. The normalized spacial score (nSPS) is 13.2. The number of carboxylic acid groups (broad SMARTS) is 3. The van der Waals surface area contributed by atoms with Gasteiger partial charge in [-0.25, -0.2) is 14.4 Å². The van der Waals surface area contributed by atoms with E-state index >= 15 is 0 Å². The number of rotatable bonds is 7. The molecule has 0 spiro atoms. The molecule has 0 rings (SSSR count). The Morgan fingerprint density at radius 3 is 1.94 bits per heavy atom. The van der Waals surface area contributed by atoms with Gasteiger partial charge in [0.15, 0.2) is 0 Å². The van der Waals surface area contributed by atoms with Crippen LogP contribution in [0.4, 0.5) is 14.4 Å². The molecule has 0 aliphatic heterocycles. The van der Waals surface area contributed by atoms with Crippen molar-refractivity contribution >= 4 is 18.5 Å². The van der Waals surface area contributed by atoms with Crippen LogP contribution in [-0.2, 0) is 14.2 Å². The zero-order valence-corrected chi connectivity index (χ0v) is 9.57. The first kappa shape index (κ1) is 15.8. The van der Waals surface area contributed by atoms with Crippen LogP contribution in [0.1, 0.15) is 19.8 Å². The summed E-state index contributed by atoms with van der Waals surface area (Å²) in [5.41, 5.74) is 0. The molecule has 9 nitrogen and oxygen atoms in total. The highest BCUT2D eigenvalue weighted by molar-refractivity contribution is 5.58. The highest BCUT2D eigenvalue weighted by Gasteiger charge is 2.18. The van der Waals surface area contributed by atoms with E-state index in [9.17, 15) is 14.4 Å². The van der Waals surface area contributed by atoms with E-state index in [0.29, 0.717) is 0 Å². The first-order chi connectivity index (χ1) is 8.31. The molecule has 0 bridgehead atoms. The van der Waals surface area contributed by atoms with Gasteiger partial charge in [-0.2, -0.15) is 0 Å². The fraction of sp³-hybridized carbons (Fsp3) is 0.667. The standard InChI is InChI=1S/C9H14O9/c1-5(17-8(12)13)2-3-6(18-9(14)15)4-16-7(10)11/h5-6H,2-4H2,1H3,(H,10,11)(H,12,13)(H,14,15). The third-order valence-corrected chi connectivity index (χ3v) is 1.86. The predicted octanol–water partition coefficient (Wildman–Crippen LogP) is 1.61. The summed E-state index contributed by atoms with van der Waals surface area (Å²) >= 11 is 0. The van der Waals surface area contributed by atoms with Crippen molar-refractivity contribution in [2.24, 2.45) is 0 Å². The molecule has 0 saturated carbocycles. The minimum Gasteiger partial charge on any atom is -0.450 e. The van der Waals surface area contributed by atoms with E-state index in [1.807, 2.05) is 0 Å². The summed E-state index contributed by atoms with van der Waals surface area (Å²) in [6, 6.07) is 0. The Morgan fingerprint density at radius 1 is 0.944 bits per heavy atom. The maximum Gasteiger partial charge on any atom is 0.506 e. The molecule has 0 radical (unpaired) electrons. The summed E-state index contributed by atoms with van der Waals surface area (Å²) in [6.07, 6.45) is -5.98. The lowest BCUT2D eigenvalue weighted by Crippen LogP contribution is -2.26. The van der Waals surface area contributed by atoms with Crippen LogP contribution in [0.5, 0.6) is 0 Å². The second kappa shape index (κ2) is 7.98. The lowest BCUT2D eigenvalue weighted by Gasteiger charge is -2.17. The highest BCUT2D eigenvalue weighted by atomic mass is 16.7. The van der Waals surface area contributed by atoms with E-state index in [-0.39, 0.29) is 12.8 Å². The predicted molar refractivity (Wildman–Crippen MR) is 54.7 cm³/mol. The molecule has 0 heterocycles. The van der Waals surface area contributed by atoms with Crippen LogP contribution < -0.4 is 0 Å². The molecule has 0 aromatic heterocycles. The number of hydrogen-bond acceptors (Lipinski definition) is 6. The van der Waals surface area contributed by atoms with Crippen LogP contribution in [0.2, 0.25) is 0 Å². The maximum absolute atomic E-state index is 10.3. The molecule has 0 aliphatic carbocycles. The molecule has 0 aromatic carbocycles. The van der Waals surface area contributed by atoms with E-state index in [4.69, 9.17) is 15.3 Å². The molecular weight excluding hydrogens is 252 g/mol. The average Bonchev–Trinajstić information content (AvgIpc) is 2.20. The Morgan fingerprint density at radius 2 is 1.50 bits per heavy atom. The molecule has 0 amide bonds. The van der Waals surface area contributed by atoms with Crippen molar-refractivity contribution in [2.45, 2.75) is 32.0 Å². The summed E-state index contributed by atoms with van der Waals surface area (Å²) < 4.78 is 13.0. The van der Waals surface area contributed by atoms with Gasteiger partial charge in [0.2, 0.25) is 0 Å². The second-order valence-corrected chi connectivity index (χ2v) is 3.35. The summed E-state index contributed by atoms with van der Waals surface area (Å²) in [4.78, 5) is 30.7. The zero-order chi connectivity index (χ0) is 14.1. The summed E-state index contributed by atoms with van der Waals surface area (Å²) in [7, 11) is 0. The molecule has 0 saturated heterocycles. The number of ether oxygens (including phenoxy) is 3. The Bertz CT molecular complexity index is 300. The lowest BCUT2D eigenvalue weighted by molar-refractivity contribution is -0.00617. The lowest BCUT2D eigenvalue weighted by atomic mass is 10.1. The zero-order valence-electron chi connectivity index (χ0n) is 9.57. The van der Waals surface area contributed by atoms with Gasteiger partial charge in [0.25, 0.3) is 0 Å². The van der Waals surface area contributed by atoms with E-state index in [2.05, 4.69) is 14.2 Å². The van der Waals surface area contributed by atoms with E-state index < -0.39 is 37.3 Å². The third-order valence-electron chi connectivity index (χ3n) is 1.86. The Labute approximate surface area is 102 Å². The van der Waals surface area contributed by atoms with E-state index in [0.717, 1.165) is 0 Å². The van der Waals surface area contributed by atoms with Crippen LogP contribution in [-0.4, -0.2) is 52.6 Å². The molecule has 3 N–H and O–H groups in total. The molecule has 104 valence electrons. The molecular formula is C9H14O9. The van der Waals surface area contributed by atoms with Gasteiger partial charge >= 0.3 is 18.5 Å². The van der Waals surface area contributed by atoms with E-state index in [1.54, 1.807) is 0 Å². The molecule has 2 atom stereocenters. The highest BCUT2D eigenvalue weighted by Crippen LogP contribution is 2.09. The largest absolute Gasteiger partial charge is 0.506 e. The van der Waals surface area contributed by atoms with Gasteiger partial charge in [-0.1, -0.05) is 0 Å². The first-order valence-corrected chi connectivity index (χ1v) is 4.96. The summed E-state index contributed by atoms with van der Waals surface area (Å²) in [5.74, 6) is 0. The SMILES string of the molecule is CC(CCC(COC(=O)O)OC(=O)O)OC(=O)O. The molecule has 2 unspecified atom stereocenters. The van der Waals surface area contributed by atoms with Crippen LogP contribution in [0.25, 0.3) is 0 Å². The van der Waals surface area contributed by atoms with Crippen molar-refractivity contribution < 1.29 is 43.9 Å². The van der Waals surface area contributed by atoms with Crippen molar-refractivity contribution in [1.29, 1.82) is 0 Å². The van der Waals surface area contributed by atoms with Gasteiger partial charge in [0, 0.05) is 0 Å². The van der Waals surface area contributed by atoms with Crippen molar-refractivity contribution in [3.8, 4) is 0 Å². The Kier molecular flexibility index (Phi) is 7.01. The Hall–Kier alpha value is -2.19. The smallest absolute Gasteiger partial charge is 0.450 e. The number of carbonyl (C=O) groups is 3. The third kappa shape index (κ3) is 9.07. The fourth-order valence-corrected chi connectivity index (χ4v) is 1.13. The van der Waals surface area contributed by atoms with Gasteiger partial charge in [0.1, 0.15) is 18.8 Å². The quantitative estimate of drug-likeness (QED) is 0.462. The molecule has 0 aromatic rings. The van der Waals surface area contributed by atoms with Gasteiger partial charge in [-0.05, 0) is 19.8 Å². The minimum atomic E-state index is -1.57. The first-order valence-electron chi connectivity index (χ1n) is 4.96. The van der Waals surface area contributed by atoms with Crippen LogP contribution in [0.15, 0.2) is 0 Å². The topological polar surface area (TPSA) is 140 Å². The van der Waals surface area contributed by atoms with Gasteiger partial charge < -0.3 is 29.5 Å². The van der Waals surface area contributed by atoms with Crippen molar-refractivity contribution in [1.82, 2.24) is 0 Å². The average molecular weight is 266 g/mol. The van der Waals surface area contributed by atoms with Crippen molar-refractivity contribution in [2.75, 3.05) is 6.61 Å². The van der Waals surface area contributed by atoms with E-state index in [1.165, 1.54) is 6.92 Å². The minimum absolute atomic E-state index is 0.0774. The fourth-order valence-electron chi connectivity index (χ4n) is 1.13. The summed E-state index contributed by atoms with van der Waals surface area (Å²) in [5, 5.41) is 25.0. The van der Waals surface area contributed by atoms with Crippen LogP contribution in [0.3, 0.4) is 0 Å². The van der Waals surface area contributed by atoms with Gasteiger partial charge in [-0.15, -0.1) is 0 Å². The molecule has 18 heavy (non-hydrogen) atoms. The molecule has 0 fully saturated rings. The van der Waals surface area contributed by atoms with Crippen LogP contribution in [0, 0.1) is 0 Å². The Balaban J connectivity index is 4.10. The van der Waals surface area contributed by atoms with Crippen molar-refractivity contribution in [3.05, 3.63) is 0 Å². The van der Waals surface area contributed by atoms with Gasteiger partial charge in [-0.3, -0.25) is 0 Å². The van der Waals surface area contributed by atoms with Crippen LogP contribution >= 0.6 is 0 Å². The van der Waals surface area contributed by atoms with Gasteiger partial charge in [0.05, 0.1) is 0 Å². The molecule has 0 aliphatic rings.